The van der Waals surface area contributed by atoms with Crippen molar-refractivity contribution >= 4 is 40.8 Å². The molecule has 0 radical (unpaired) electrons. The number of amides is 1. The highest BCUT2D eigenvalue weighted by Gasteiger charge is 2.10. The zero-order chi connectivity index (χ0) is 12.8. The molecule has 17 heavy (non-hydrogen) atoms. The van der Waals surface area contributed by atoms with Crippen LogP contribution < -0.4 is 5.32 Å². The molecular formula is C11H11Cl2NO3. The normalized spacial score (nSPS) is 9.82. The summed E-state index contributed by atoms with van der Waals surface area (Å²) in [5, 5.41) is 3.25. The molecule has 6 heteroatoms. The molecule has 1 aromatic rings. The number of anilines is 1. The van der Waals surface area contributed by atoms with Crippen LogP contribution in [0.25, 0.3) is 0 Å². The van der Waals surface area contributed by atoms with Crippen LogP contribution in [0.5, 0.6) is 0 Å². The first-order chi connectivity index (χ1) is 8.02. The van der Waals surface area contributed by atoms with Gasteiger partial charge in [0.05, 0.1) is 16.7 Å². The second kappa shape index (κ2) is 6.47. The lowest BCUT2D eigenvalue weighted by atomic mass is 10.3. The second-order valence-corrected chi connectivity index (χ2v) is 3.97. The molecule has 0 fully saturated rings. The van der Waals surface area contributed by atoms with Gasteiger partial charge in [-0.25, -0.2) is 0 Å². The lowest BCUT2D eigenvalue weighted by Gasteiger charge is -2.06. The maximum absolute atomic E-state index is 11.4. The van der Waals surface area contributed by atoms with Gasteiger partial charge in [-0.05, 0) is 25.1 Å². The topological polar surface area (TPSA) is 55.4 Å². The summed E-state index contributed by atoms with van der Waals surface area (Å²) in [4.78, 5) is 22.4. The molecule has 1 N–H and O–H groups in total. The highest BCUT2D eigenvalue weighted by atomic mass is 35.5. The number of hydrogen-bond acceptors (Lipinski definition) is 3. The van der Waals surface area contributed by atoms with Gasteiger partial charge >= 0.3 is 5.97 Å². The van der Waals surface area contributed by atoms with E-state index >= 15 is 0 Å². The molecule has 0 bridgehead atoms. The number of benzene rings is 1. The minimum atomic E-state index is -0.565. The fourth-order valence-corrected chi connectivity index (χ4v) is 1.42. The molecule has 1 aromatic carbocycles. The quantitative estimate of drug-likeness (QED) is 0.679. The molecule has 1 amide bonds. The molecule has 1 rings (SSSR count). The van der Waals surface area contributed by atoms with E-state index in [1.807, 2.05) is 0 Å². The first-order valence-corrected chi connectivity index (χ1v) is 5.69. The number of ether oxygens (including phenoxy) is 1. The molecule has 0 heterocycles. The van der Waals surface area contributed by atoms with Crippen molar-refractivity contribution in [3.05, 3.63) is 28.2 Å². The van der Waals surface area contributed by atoms with E-state index in [9.17, 15) is 9.59 Å². The number of carbonyl (C=O) groups is 2. The van der Waals surface area contributed by atoms with Crippen LogP contribution in [-0.2, 0) is 14.3 Å². The van der Waals surface area contributed by atoms with Crippen molar-refractivity contribution in [2.24, 2.45) is 0 Å². The predicted molar refractivity (Wildman–Crippen MR) is 66.3 cm³/mol. The molecule has 4 nitrogen and oxygen atoms in total. The second-order valence-electron chi connectivity index (χ2n) is 3.16. The van der Waals surface area contributed by atoms with Crippen LogP contribution in [0, 0.1) is 0 Å². The standard InChI is InChI=1S/C11H11Cl2NO3/c1-2-17-11(16)6-10(15)14-7-3-4-8(12)9(13)5-7/h3-5H,2,6H2,1H3,(H,14,15). The Balaban J connectivity index is 2.56. The van der Waals surface area contributed by atoms with E-state index in [-0.39, 0.29) is 13.0 Å². The average molecular weight is 276 g/mol. The summed E-state index contributed by atoms with van der Waals surface area (Å²) in [6.45, 7) is 1.92. The number of esters is 1. The van der Waals surface area contributed by atoms with Crippen LogP contribution in [0.1, 0.15) is 13.3 Å². The lowest BCUT2D eigenvalue weighted by Crippen LogP contribution is -2.18. The molecule has 0 spiro atoms. The monoisotopic (exact) mass is 275 g/mol. The van der Waals surface area contributed by atoms with Gasteiger partial charge in [-0.2, -0.15) is 0 Å². The van der Waals surface area contributed by atoms with Gasteiger partial charge in [0, 0.05) is 5.69 Å². The van der Waals surface area contributed by atoms with E-state index in [0.717, 1.165) is 0 Å². The molecule has 0 unspecified atom stereocenters. The van der Waals surface area contributed by atoms with E-state index in [2.05, 4.69) is 10.1 Å². The lowest BCUT2D eigenvalue weighted by molar-refractivity contribution is -0.145. The minimum absolute atomic E-state index is 0.249. The number of rotatable bonds is 4. The molecular weight excluding hydrogens is 265 g/mol. The van der Waals surface area contributed by atoms with E-state index in [4.69, 9.17) is 23.2 Å². The highest BCUT2D eigenvalue weighted by molar-refractivity contribution is 6.42. The Kier molecular flexibility index (Phi) is 5.25. The molecule has 92 valence electrons. The van der Waals surface area contributed by atoms with Crippen molar-refractivity contribution < 1.29 is 14.3 Å². The van der Waals surface area contributed by atoms with Gasteiger partial charge in [0.2, 0.25) is 5.91 Å². The third-order valence-corrected chi connectivity index (χ3v) is 2.55. The van der Waals surface area contributed by atoms with E-state index in [0.29, 0.717) is 15.7 Å². The highest BCUT2D eigenvalue weighted by Crippen LogP contribution is 2.24. The Morgan fingerprint density at radius 1 is 1.29 bits per heavy atom. The van der Waals surface area contributed by atoms with Gasteiger partial charge in [-0.3, -0.25) is 9.59 Å². The van der Waals surface area contributed by atoms with Crippen molar-refractivity contribution in [1.29, 1.82) is 0 Å². The van der Waals surface area contributed by atoms with Crippen molar-refractivity contribution in [3.8, 4) is 0 Å². The maximum atomic E-state index is 11.4. The number of carbonyl (C=O) groups excluding carboxylic acids is 2. The Bertz CT molecular complexity index is 435. The van der Waals surface area contributed by atoms with E-state index < -0.39 is 11.9 Å². The first kappa shape index (κ1) is 13.8. The minimum Gasteiger partial charge on any atom is -0.466 e. The van der Waals surface area contributed by atoms with Gasteiger partial charge in [0.25, 0.3) is 0 Å². The number of nitrogens with one attached hydrogen (secondary N) is 1. The molecule has 0 aliphatic heterocycles. The third-order valence-electron chi connectivity index (χ3n) is 1.81. The van der Waals surface area contributed by atoms with Gasteiger partial charge < -0.3 is 10.1 Å². The SMILES string of the molecule is CCOC(=O)CC(=O)Nc1ccc(Cl)c(Cl)c1. The molecule has 0 aliphatic carbocycles. The van der Waals surface area contributed by atoms with Crippen LogP contribution in [-0.4, -0.2) is 18.5 Å². The van der Waals surface area contributed by atoms with Crippen LogP contribution in [0.3, 0.4) is 0 Å². The summed E-state index contributed by atoms with van der Waals surface area (Å²) in [5.41, 5.74) is 0.480. The summed E-state index contributed by atoms with van der Waals surface area (Å²) in [6.07, 6.45) is -0.325. The zero-order valence-corrected chi connectivity index (χ0v) is 10.6. The zero-order valence-electron chi connectivity index (χ0n) is 9.13. The third kappa shape index (κ3) is 4.63. The van der Waals surface area contributed by atoms with E-state index in [1.54, 1.807) is 19.1 Å². The molecule has 0 saturated carbocycles. The van der Waals surface area contributed by atoms with Gasteiger partial charge in [0.15, 0.2) is 0 Å². The Morgan fingerprint density at radius 3 is 2.59 bits per heavy atom. The maximum Gasteiger partial charge on any atom is 0.315 e. The summed E-state index contributed by atoms with van der Waals surface area (Å²) < 4.78 is 4.65. The average Bonchev–Trinajstić information content (AvgIpc) is 2.23. The summed E-state index contributed by atoms with van der Waals surface area (Å²) in [6, 6.07) is 4.66. The molecule has 0 aromatic heterocycles. The van der Waals surface area contributed by atoms with Crippen LogP contribution in [0.15, 0.2) is 18.2 Å². The first-order valence-electron chi connectivity index (χ1n) is 4.93. The fourth-order valence-electron chi connectivity index (χ4n) is 1.12. The van der Waals surface area contributed by atoms with E-state index in [1.165, 1.54) is 6.07 Å². The molecule has 0 saturated heterocycles. The fraction of sp³-hybridized carbons (Fsp3) is 0.273. The summed E-state index contributed by atoms with van der Waals surface area (Å²) in [5.74, 6) is -1.02. The van der Waals surface area contributed by atoms with Crippen LogP contribution in [0.4, 0.5) is 5.69 Å². The number of halogens is 2. The smallest absolute Gasteiger partial charge is 0.315 e. The largest absolute Gasteiger partial charge is 0.466 e. The predicted octanol–water partition coefficient (Wildman–Crippen LogP) is 2.89. The van der Waals surface area contributed by atoms with Gasteiger partial charge in [-0.1, -0.05) is 23.2 Å². The van der Waals surface area contributed by atoms with Crippen molar-refractivity contribution in [2.75, 3.05) is 11.9 Å². The van der Waals surface area contributed by atoms with Gasteiger partial charge in [-0.15, -0.1) is 0 Å². The van der Waals surface area contributed by atoms with Crippen LogP contribution in [0.2, 0.25) is 10.0 Å². The Hall–Kier alpha value is -1.26. The summed E-state index contributed by atoms with van der Waals surface area (Å²) >= 11 is 11.5. The van der Waals surface area contributed by atoms with Crippen molar-refractivity contribution in [3.63, 3.8) is 0 Å². The van der Waals surface area contributed by atoms with Crippen molar-refractivity contribution in [1.82, 2.24) is 0 Å². The van der Waals surface area contributed by atoms with Gasteiger partial charge in [0.1, 0.15) is 6.42 Å². The summed E-state index contributed by atoms with van der Waals surface area (Å²) in [7, 11) is 0. The van der Waals surface area contributed by atoms with Crippen molar-refractivity contribution in [2.45, 2.75) is 13.3 Å². The number of hydrogen-bond donors (Lipinski definition) is 1. The molecule has 0 aliphatic rings. The molecule has 0 atom stereocenters. The Morgan fingerprint density at radius 2 is 2.00 bits per heavy atom. The Labute approximate surface area is 109 Å². The van der Waals surface area contributed by atoms with Crippen LogP contribution >= 0.6 is 23.2 Å².